The zero-order valence-corrected chi connectivity index (χ0v) is 10.6. The van der Waals surface area contributed by atoms with Crippen molar-refractivity contribution in [2.75, 3.05) is 17.2 Å². The Bertz CT molecular complexity index is 444. The van der Waals surface area contributed by atoms with E-state index in [0.29, 0.717) is 11.7 Å². The molecule has 1 fully saturated rings. The zero-order valence-electron chi connectivity index (χ0n) is 10.6. The van der Waals surface area contributed by atoms with Crippen LogP contribution in [0.25, 0.3) is 0 Å². The summed E-state index contributed by atoms with van der Waals surface area (Å²) in [5.74, 6) is 0. The van der Waals surface area contributed by atoms with Crippen LogP contribution in [0.5, 0.6) is 0 Å². The Kier molecular flexibility index (Phi) is 3.69. The number of rotatable bonds is 6. The Morgan fingerprint density at radius 2 is 2.22 bits per heavy atom. The van der Waals surface area contributed by atoms with Crippen LogP contribution in [0.3, 0.4) is 0 Å². The summed E-state index contributed by atoms with van der Waals surface area (Å²) in [6, 6.07) is 5.64. The lowest BCUT2D eigenvalue weighted by Crippen LogP contribution is -2.27. The second-order valence-electron chi connectivity index (χ2n) is 4.75. The number of hydrogen-bond donors (Lipinski definition) is 1. The Morgan fingerprint density at radius 3 is 2.78 bits per heavy atom. The molecule has 5 nitrogen and oxygen atoms in total. The molecule has 0 heterocycles. The van der Waals surface area contributed by atoms with E-state index in [0.717, 1.165) is 32.2 Å². The standard InChI is InChI=1S/C13H19N3O2/c1-2-3-9-15(10-7-8-10)12-6-4-5-11(14)13(12)16(17)18/h4-6,10H,2-3,7-9,14H2,1H3. The molecule has 1 aliphatic carbocycles. The molecule has 0 radical (unpaired) electrons. The number of nitrogens with two attached hydrogens (primary N) is 1. The summed E-state index contributed by atoms with van der Waals surface area (Å²) in [5, 5.41) is 11.2. The molecule has 1 aliphatic rings. The van der Waals surface area contributed by atoms with E-state index in [9.17, 15) is 10.1 Å². The van der Waals surface area contributed by atoms with Gasteiger partial charge in [0.15, 0.2) is 0 Å². The third-order valence-electron chi connectivity index (χ3n) is 3.28. The maximum atomic E-state index is 11.2. The van der Waals surface area contributed by atoms with E-state index in [1.54, 1.807) is 12.1 Å². The molecule has 0 bridgehead atoms. The second-order valence-corrected chi connectivity index (χ2v) is 4.75. The van der Waals surface area contributed by atoms with Crippen LogP contribution in [0.15, 0.2) is 18.2 Å². The predicted molar refractivity (Wildman–Crippen MR) is 72.8 cm³/mol. The summed E-state index contributed by atoms with van der Waals surface area (Å²) < 4.78 is 0. The highest BCUT2D eigenvalue weighted by atomic mass is 16.6. The largest absolute Gasteiger partial charge is 0.393 e. The van der Waals surface area contributed by atoms with Crippen LogP contribution in [-0.4, -0.2) is 17.5 Å². The molecule has 2 rings (SSSR count). The Labute approximate surface area is 107 Å². The van der Waals surface area contributed by atoms with Crippen molar-refractivity contribution in [3.8, 4) is 0 Å². The van der Waals surface area contributed by atoms with Crippen LogP contribution in [0, 0.1) is 10.1 Å². The Morgan fingerprint density at radius 1 is 1.50 bits per heavy atom. The van der Waals surface area contributed by atoms with Crippen LogP contribution in [0.2, 0.25) is 0 Å². The summed E-state index contributed by atoms with van der Waals surface area (Å²) in [6.45, 7) is 2.99. The average molecular weight is 249 g/mol. The molecule has 0 saturated heterocycles. The van der Waals surface area contributed by atoms with Crippen LogP contribution in [-0.2, 0) is 0 Å². The fourth-order valence-electron chi connectivity index (χ4n) is 2.19. The molecule has 2 N–H and O–H groups in total. The van der Waals surface area contributed by atoms with Gasteiger partial charge >= 0.3 is 5.69 Å². The molecule has 1 aromatic rings. The molecule has 18 heavy (non-hydrogen) atoms. The van der Waals surface area contributed by atoms with E-state index >= 15 is 0 Å². The van der Waals surface area contributed by atoms with Gasteiger partial charge in [0.2, 0.25) is 0 Å². The van der Waals surface area contributed by atoms with Crippen molar-refractivity contribution in [1.82, 2.24) is 0 Å². The quantitative estimate of drug-likeness (QED) is 0.478. The summed E-state index contributed by atoms with van der Waals surface area (Å²) >= 11 is 0. The van der Waals surface area contributed by atoms with Crippen molar-refractivity contribution >= 4 is 17.1 Å². The van der Waals surface area contributed by atoms with E-state index in [-0.39, 0.29) is 16.3 Å². The third-order valence-corrected chi connectivity index (χ3v) is 3.28. The number of nitrogens with zero attached hydrogens (tertiary/aromatic N) is 2. The SMILES string of the molecule is CCCCN(c1cccc(N)c1[N+](=O)[O-])C1CC1. The van der Waals surface area contributed by atoms with Gasteiger partial charge in [-0.3, -0.25) is 10.1 Å². The van der Waals surface area contributed by atoms with Gasteiger partial charge in [0.05, 0.1) is 4.92 Å². The van der Waals surface area contributed by atoms with Gasteiger partial charge in [0.25, 0.3) is 0 Å². The maximum Gasteiger partial charge on any atom is 0.315 e. The number of para-hydroxylation sites is 1. The molecule has 1 aromatic carbocycles. The summed E-state index contributed by atoms with van der Waals surface area (Å²) in [5.41, 5.74) is 6.72. The van der Waals surface area contributed by atoms with Crippen molar-refractivity contribution in [2.45, 2.75) is 38.6 Å². The van der Waals surface area contributed by atoms with Crippen LogP contribution in [0.1, 0.15) is 32.6 Å². The lowest BCUT2D eigenvalue weighted by atomic mass is 10.2. The fourth-order valence-corrected chi connectivity index (χ4v) is 2.19. The van der Waals surface area contributed by atoms with Crippen molar-refractivity contribution < 1.29 is 4.92 Å². The van der Waals surface area contributed by atoms with Crippen molar-refractivity contribution in [3.05, 3.63) is 28.3 Å². The number of hydrogen-bond acceptors (Lipinski definition) is 4. The number of nitro groups is 1. The molecule has 98 valence electrons. The van der Waals surface area contributed by atoms with Gasteiger partial charge in [-0.25, -0.2) is 0 Å². The minimum Gasteiger partial charge on any atom is -0.393 e. The highest BCUT2D eigenvalue weighted by Gasteiger charge is 2.33. The number of anilines is 2. The van der Waals surface area contributed by atoms with Crippen molar-refractivity contribution in [2.24, 2.45) is 0 Å². The second kappa shape index (κ2) is 5.25. The first-order chi connectivity index (χ1) is 8.65. The van der Waals surface area contributed by atoms with Gasteiger partial charge in [-0.05, 0) is 31.4 Å². The van der Waals surface area contributed by atoms with Gasteiger partial charge < -0.3 is 10.6 Å². The van der Waals surface area contributed by atoms with Gasteiger partial charge in [-0.1, -0.05) is 19.4 Å². The van der Waals surface area contributed by atoms with Gasteiger partial charge in [-0.15, -0.1) is 0 Å². The molecule has 0 unspecified atom stereocenters. The lowest BCUT2D eigenvalue weighted by molar-refractivity contribution is -0.383. The monoisotopic (exact) mass is 249 g/mol. The molecule has 1 saturated carbocycles. The summed E-state index contributed by atoms with van der Waals surface area (Å²) in [4.78, 5) is 12.9. The minimum absolute atomic E-state index is 0.0560. The van der Waals surface area contributed by atoms with Crippen molar-refractivity contribution in [3.63, 3.8) is 0 Å². The highest BCUT2D eigenvalue weighted by Crippen LogP contribution is 2.39. The van der Waals surface area contributed by atoms with Crippen LogP contribution < -0.4 is 10.6 Å². The van der Waals surface area contributed by atoms with Crippen molar-refractivity contribution in [1.29, 1.82) is 0 Å². The van der Waals surface area contributed by atoms with Crippen LogP contribution >= 0.6 is 0 Å². The summed E-state index contributed by atoms with van der Waals surface area (Å²) in [6.07, 6.45) is 4.37. The number of unbranched alkanes of at least 4 members (excludes halogenated alkanes) is 1. The first-order valence-corrected chi connectivity index (χ1v) is 6.44. The topological polar surface area (TPSA) is 72.4 Å². The highest BCUT2D eigenvalue weighted by molar-refractivity contribution is 5.75. The molecular weight excluding hydrogens is 230 g/mol. The summed E-state index contributed by atoms with van der Waals surface area (Å²) in [7, 11) is 0. The van der Waals surface area contributed by atoms with Gasteiger partial charge in [0, 0.05) is 12.6 Å². The molecule has 0 aromatic heterocycles. The molecular formula is C13H19N3O2. The smallest absolute Gasteiger partial charge is 0.315 e. The molecule has 0 spiro atoms. The molecule has 0 atom stereocenters. The van der Waals surface area contributed by atoms with E-state index in [1.807, 2.05) is 6.07 Å². The van der Waals surface area contributed by atoms with Gasteiger partial charge in [-0.2, -0.15) is 0 Å². The lowest BCUT2D eigenvalue weighted by Gasteiger charge is -2.24. The van der Waals surface area contributed by atoms with E-state index in [2.05, 4.69) is 11.8 Å². The zero-order chi connectivity index (χ0) is 13.1. The third kappa shape index (κ3) is 2.55. The maximum absolute atomic E-state index is 11.2. The van der Waals surface area contributed by atoms with E-state index in [1.165, 1.54) is 0 Å². The Balaban J connectivity index is 2.34. The number of benzene rings is 1. The fraction of sp³-hybridized carbons (Fsp3) is 0.538. The average Bonchev–Trinajstić information content (AvgIpc) is 3.13. The normalized spacial score (nSPS) is 14.5. The Hall–Kier alpha value is -1.78. The molecule has 0 amide bonds. The van der Waals surface area contributed by atoms with Crippen LogP contribution in [0.4, 0.5) is 17.1 Å². The number of nitrogen functional groups attached to an aromatic ring is 1. The number of nitro benzene ring substituents is 1. The predicted octanol–water partition coefficient (Wildman–Crippen LogP) is 2.95. The minimum atomic E-state index is -0.369. The van der Waals surface area contributed by atoms with E-state index < -0.39 is 0 Å². The molecule has 0 aliphatic heterocycles. The first kappa shape index (κ1) is 12.7. The van der Waals surface area contributed by atoms with E-state index in [4.69, 9.17) is 5.73 Å². The first-order valence-electron chi connectivity index (χ1n) is 6.44. The van der Waals surface area contributed by atoms with Gasteiger partial charge in [0.1, 0.15) is 11.4 Å². The molecule has 5 heteroatoms.